The normalized spacial score (nSPS) is 15.3. The van der Waals surface area contributed by atoms with Crippen LogP contribution in [0, 0.1) is 5.92 Å². The minimum Gasteiger partial charge on any atom is -0.465 e. The molecule has 0 saturated heterocycles. The number of pyridine rings is 1. The summed E-state index contributed by atoms with van der Waals surface area (Å²) in [6.07, 6.45) is 1.94. The molecular weight excluding hydrogens is 404 g/mol. The third kappa shape index (κ3) is 3.96. The fraction of sp³-hybridized carbons (Fsp3) is 0.269. The van der Waals surface area contributed by atoms with E-state index in [0.717, 1.165) is 27.7 Å². The summed E-state index contributed by atoms with van der Waals surface area (Å²) in [7, 11) is 1.94. The maximum atomic E-state index is 13.1. The molecule has 1 atom stereocenters. The molecule has 2 heterocycles. The van der Waals surface area contributed by atoms with Crippen molar-refractivity contribution in [3.63, 3.8) is 0 Å². The topological polar surface area (TPSA) is 68.7 Å². The lowest BCUT2D eigenvalue weighted by atomic mass is 9.76. The zero-order valence-corrected chi connectivity index (χ0v) is 18.4. The summed E-state index contributed by atoms with van der Waals surface area (Å²) < 4.78 is 10.6. The summed E-state index contributed by atoms with van der Waals surface area (Å²) in [5.74, 6) is -2.91. The first kappa shape index (κ1) is 21.6. The van der Waals surface area contributed by atoms with Crippen LogP contribution in [0.3, 0.4) is 0 Å². The number of anilines is 1. The van der Waals surface area contributed by atoms with Crippen LogP contribution >= 0.6 is 0 Å². The van der Waals surface area contributed by atoms with Gasteiger partial charge in [-0.25, -0.2) is 4.98 Å². The van der Waals surface area contributed by atoms with Crippen LogP contribution in [0.25, 0.3) is 16.5 Å². The molecule has 1 aliphatic rings. The van der Waals surface area contributed by atoms with Crippen molar-refractivity contribution < 1.29 is 19.1 Å². The van der Waals surface area contributed by atoms with Crippen molar-refractivity contribution in [2.75, 3.05) is 25.2 Å². The van der Waals surface area contributed by atoms with Crippen LogP contribution in [0.4, 0.5) is 5.69 Å². The van der Waals surface area contributed by atoms with Crippen LogP contribution in [0.1, 0.15) is 31.0 Å². The maximum absolute atomic E-state index is 13.1. The number of esters is 2. The molecule has 2 aromatic carbocycles. The molecule has 0 bridgehead atoms. The van der Waals surface area contributed by atoms with Gasteiger partial charge in [-0.05, 0) is 37.6 Å². The van der Waals surface area contributed by atoms with Crippen molar-refractivity contribution in [1.82, 2.24) is 4.98 Å². The first-order chi connectivity index (χ1) is 15.5. The van der Waals surface area contributed by atoms with Gasteiger partial charge in [-0.15, -0.1) is 0 Å². The zero-order chi connectivity index (χ0) is 22.7. The standard InChI is InChI=1S/C26H26N2O4/c1-4-31-25(29)24(26(30)32-5-2)23-18-11-7-9-13-22(18)28(3)16-19(23)21-15-14-17-10-6-8-12-20(17)27-21/h6-16,23-24H,4-5H2,1-3H3/t23-/m0/s1. The van der Waals surface area contributed by atoms with Gasteiger partial charge in [0.1, 0.15) is 0 Å². The lowest BCUT2D eigenvalue weighted by molar-refractivity contribution is -0.162. The predicted octanol–water partition coefficient (Wildman–Crippen LogP) is 4.55. The average molecular weight is 431 g/mol. The molecular formula is C26H26N2O4. The molecule has 0 amide bonds. The summed E-state index contributed by atoms with van der Waals surface area (Å²) in [6, 6.07) is 19.5. The number of fused-ring (bicyclic) bond motifs is 2. The Morgan fingerprint density at radius 2 is 1.59 bits per heavy atom. The third-order valence-electron chi connectivity index (χ3n) is 5.63. The van der Waals surface area contributed by atoms with Gasteiger partial charge < -0.3 is 14.4 Å². The van der Waals surface area contributed by atoms with Crippen molar-refractivity contribution in [3.05, 3.63) is 78.1 Å². The van der Waals surface area contributed by atoms with Crippen LogP contribution in [0.2, 0.25) is 0 Å². The second-order valence-electron chi connectivity index (χ2n) is 7.60. The maximum Gasteiger partial charge on any atom is 0.321 e. The van der Waals surface area contributed by atoms with Gasteiger partial charge in [0.05, 0.1) is 24.4 Å². The highest BCUT2D eigenvalue weighted by atomic mass is 16.6. The molecule has 6 nitrogen and oxygen atoms in total. The Hall–Kier alpha value is -3.67. The van der Waals surface area contributed by atoms with E-state index in [1.54, 1.807) is 13.8 Å². The zero-order valence-electron chi connectivity index (χ0n) is 18.4. The first-order valence-electron chi connectivity index (χ1n) is 10.8. The van der Waals surface area contributed by atoms with Crippen LogP contribution in [-0.2, 0) is 19.1 Å². The number of ether oxygens (including phenoxy) is 2. The minimum absolute atomic E-state index is 0.177. The van der Waals surface area contributed by atoms with E-state index >= 15 is 0 Å². The second-order valence-corrected chi connectivity index (χ2v) is 7.60. The Morgan fingerprint density at radius 1 is 0.938 bits per heavy atom. The van der Waals surface area contributed by atoms with Gasteiger partial charge in [-0.2, -0.15) is 0 Å². The number of nitrogens with zero attached hydrogens (tertiary/aromatic N) is 2. The first-order valence-corrected chi connectivity index (χ1v) is 10.8. The van der Waals surface area contributed by atoms with Gasteiger partial charge in [0.2, 0.25) is 0 Å². The van der Waals surface area contributed by atoms with Gasteiger partial charge in [0, 0.05) is 35.8 Å². The Balaban J connectivity index is 1.91. The summed E-state index contributed by atoms with van der Waals surface area (Å²) in [5, 5.41) is 1.02. The number of hydrogen-bond donors (Lipinski definition) is 0. The monoisotopic (exact) mass is 430 g/mol. The fourth-order valence-corrected chi connectivity index (χ4v) is 4.24. The van der Waals surface area contributed by atoms with E-state index in [9.17, 15) is 9.59 Å². The van der Waals surface area contributed by atoms with Crippen molar-refractivity contribution >= 4 is 34.1 Å². The highest BCUT2D eigenvalue weighted by Crippen LogP contribution is 2.46. The Labute approximate surface area is 187 Å². The number of benzene rings is 2. The number of para-hydroxylation sites is 2. The predicted molar refractivity (Wildman–Crippen MR) is 124 cm³/mol. The van der Waals surface area contributed by atoms with Crippen molar-refractivity contribution in [2.24, 2.45) is 5.92 Å². The molecule has 164 valence electrons. The molecule has 0 N–H and O–H groups in total. The van der Waals surface area contributed by atoms with E-state index in [4.69, 9.17) is 14.5 Å². The fourth-order valence-electron chi connectivity index (χ4n) is 4.24. The van der Waals surface area contributed by atoms with E-state index in [1.165, 1.54) is 0 Å². The number of aromatic nitrogens is 1. The van der Waals surface area contributed by atoms with E-state index in [0.29, 0.717) is 5.69 Å². The van der Waals surface area contributed by atoms with Gasteiger partial charge >= 0.3 is 11.9 Å². The molecule has 1 aromatic heterocycles. The van der Waals surface area contributed by atoms with Crippen LogP contribution < -0.4 is 4.90 Å². The molecule has 32 heavy (non-hydrogen) atoms. The second kappa shape index (κ2) is 9.22. The summed E-state index contributed by atoms with van der Waals surface area (Å²) in [4.78, 5) is 33.0. The molecule has 6 heteroatoms. The highest BCUT2D eigenvalue weighted by molar-refractivity contribution is 6.00. The molecule has 3 aromatic rings. The lowest BCUT2D eigenvalue weighted by Gasteiger charge is -2.35. The Bertz CT molecular complexity index is 1170. The lowest BCUT2D eigenvalue weighted by Crippen LogP contribution is -2.36. The molecule has 1 aliphatic heterocycles. The van der Waals surface area contributed by atoms with Crippen molar-refractivity contribution in [2.45, 2.75) is 19.8 Å². The van der Waals surface area contributed by atoms with Crippen LogP contribution in [0.15, 0.2) is 66.9 Å². The quantitative estimate of drug-likeness (QED) is 0.422. The highest BCUT2D eigenvalue weighted by Gasteiger charge is 2.43. The van der Waals surface area contributed by atoms with Gasteiger partial charge in [0.15, 0.2) is 5.92 Å². The summed E-state index contributed by atoms with van der Waals surface area (Å²) in [5.41, 5.74) is 4.08. The molecule has 0 fully saturated rings. The van der Waals surface area contributed by atoms with E-state index in [2.05, 4.69) is 0 Å². The molecule has 0 aliphatic carbocycles. The van der Waals surface area contributed by atoms with Gasteiger partial charge in [-0.3, -0.25) is 9.59 Å². The largest absolute Gasteiger partial charge is 0.465 e. The van der Waals surface area contributed by atoms with Crippen LogP contribution in [0.5, 0.6) is 0 Å². The average Bonchev–Trinajstić information content (AvgIpc) is 2.80. The number of hydrogen-bond acceptors (Lipinski definition) is 6. The van der Waals surface area contributed by atoms with E-state index in [1.807, 2.05) is 78.8 Å². The van der Waals surface area contributed by atoms with Crippen LogP contribution in [-0.4, -0.2) is 37.2 Å². The number of rotatable bonds is 6. The van der Waals surface area contributed by atoms with Crippen molar-refractivity contribution in [1.29, 1.82) is 0 Å². The van der Waals surface area contributed by atoms with E-state index in [-0.39, 0.29) is 13.2 Å². The van der Waals surface area contributed by atoms with Gasteiger partial charge in [-0.1, -0.05) is 42.5 Å². The Kier molecular flexibility index (Phi) is 6.21. The van der Waals surface area contributed by atoms with Gasteiger partial charge in [0.25, 0.3) is 0 Å². The molecule has 0 saturated carbocycles. The molecule has 4 rings (SSSR count). The Morgan fingerprint density at radius 3 is 2.31 bits per heavy atom. The number of allylic oxidation sites excluding steroid dienone is 1. The summed E-state index contributed by atoms with van der Waals surface area (Å²) in [6.45, 7) is 3.81. The smallest absolute Gasteiger partial charge is 0.321 e. The molecule has 0 spiro atoms. The summed E-state index contributed by atoms with van der Waals surface area (Å²) >= 11 is 0. The van der Waals surface area contributed by atoms with Crippen molar-refractivity contribution in [3.8, 4) is 0 Å². The SMILES string of the molecule is CCOC(=O)C(C(=O)OCC)[C@@H]1C(c2ccc3ccccc3n2)=CN(C)c2ccccc21. The van der Waals surface area contributed by atoms with E-state index < -0.39 is 23.8 Å². The number of carbonyl (C=O) groups is 2. The minimum atomic E-state index is -1.13. The third-order valence-corrected chi connectivity index (χ3v) is 5.63. The number of carbonyl (C=O) groups excluding carboxylic acids is 2. The molecule has 0 unspecified atom stereocenters. The molecule has 0 radical (unpaired) electrons.